The first-order valence-electron chi connectivity index (χ1n) is 11.1. The number of anilines is 1. The molecule has 2 aliphatic rings. The van der Waals surface area contributed by atoms with Crippen LogP contribution in [0.1, 0.15) is 18.4 Å². The van der Waals surface area contributed by atoms with Gasteiger partial charge in [0.05, 0.1) is 5.69 Å². The van der Waals surface area contributed by atoms with Gasteiger partial charge in [0.15, 0.2) is 5.84 Å². The molecule has 2 aliphatic heterocycles. The summed E-state index contributed by atoms with van der Waals surface area (Å²) in [7, 11) is -1.81. The summed E-state index contributed by atoms with van der Waals surface area (Å²) in [5.74, 6) is 0.461. The fourth-order valence-electron chi connectivity index (χ4n) is 4.68. The molecule has 2 heterocycles. The average molecular weight is 460 g/mol. The summed E-state index contributed by atoms with van der Waals surface area (Å²) in [5, 5.41) is 0. The maximum atomic E-state index is 13.4. The smallest absolute Gasteiger partial charge is 0.285 e. The number of hydrogen-bond donors (Lipinski definition) is 0. The lowest BCUT2D eigenvalue weighted by atomic mass is 9.94. The normalized spacial score (nSPS) is 17.4. The van der Waals surface area contributed by atoms with Crippen LogP contribution in [-0.4, -0.2) is 45.2 Å². The van der Waals surface area contributed by atoms with Gasteiger partial charge in [-0.15, -0.1) is 4.40 Å². The summed E-state index contributed by atoms with van der Waals surface area (Å²) in [4.78, 5) is 17.4. The molecule has 1 saturated heterocycles. The van der Waals surface area contributed by atoms with E-state index in [1.807, 2.05) is 72.6 Å². The van der Waals surface area contributed by atoms with Crippen molar-refractivity contribution in [2.24, 2.45) is 10.3 Å². The fourth-order valence-corrected chi connectivity index (χ4v) is 5.90. The maximum absolute atomic E-state index is 13.4. The zero-order chi connectivity index (χ0) is 23.0. The van der Waals surface area contributed by atoms with Gasteiger partial charge in [0, 0.05) is 37.2 Å². The van der Waals surface area contributed by atoms with E-state index in [-0.39, 0.29) is 16.7 Å². The summed E-state index contributed by atoms with van der Waals surface area (Å²) >= 11 is 0. The minimum Gasteiger partial charge on any atom is -0.355 e. The highest BCUT2D eigenvalue weighted by molar-refractivity contribution is 7.90. The molecule has 0 aromatic heterocycles. The van der Waals surface area contributed by atoms with Crippen LogP contribution < -0.4 is 4.90 Å². The minimum absolute atomic E-state index is 0.0828. The highest BCUT2D eigenvalue weighted by Crippen LogP contribution is 2.33. The van der Waals surface area contributed by atoms with E-state index in [2.05, 4.69) is 4.40 Å². The molecule has 3 aromatic rings. The summed E-state index contributed by atoms with van der Waals surface area (Å²) in [6.45, 7) is 1.18. The lowest BCUT2D eigenvalue weighted by Crippen LogP contribution is -2.43. The Labute approximate surface area is 194 Å². The minimum atomic E-state index is -3.64. The highest BCUT2D eigenvalue weighted by atomic mass is 32.2. The Morgan fingerprint density at radius 1 is 0.879 bits per heavy atom. The van der Waals surface area contributed by atoms with E-state index < -0.39 is 10.0 Å². The number of rotatable bonds is 3. The van der Waals surface area contributed by atoms with Crippen LogP contribution in [0.15, 0.2) is 88.2 Å². The van der Waals surface area contributed by atoms with Crippen molar-refractivity contribution in [1.82, 2.24) is 4.90 Å². The number of carbonyl (C=O) groups is 1. The van der Waals surface area contributed by atoms with Crippen LogP contribution in [0, 0.1) is 5.92 Å². The first kappa shape index (κ1) is 21.4. The molecule has 5 rings (SSSR count). The van der Waals surface area contributed by atoms with Gasteiger partial charge < -0.3 is 9.80 Å². The van der Waals surface area contributed by atoms with Gasteiger partial charge in [-0.25, -0.2) is 0 Å². The van der Waals surface area contributed by atoms with Crippen LogP contribution in [0.2, 0.25) is 0 Å². The largest absolute Gasteiger partial charge is 0.355 e. The lowest BCUT2D eigenvalue weighted by Gasteiger charge is -2.34. The van der Waals surface area contributed by atoms with Crippen molar-refractivity contribution in [1.29, 1.82) is 0 Å². The molecule has 6 nitrogen and oxygen atoms in total. The van der Waals surface area contributed by atoms with Crippen LogP contribution in [-0.2, 0) is 14.8 Å². The van der Waals surface area contributed by atoms with E-state index >= 15 is 0 Å². The van der Waals surface area contributed by atoms with Crippen molar-refractivity contribution in [2.45, 2.75) is 17.7 Å². The van der Waals surface area contributed by atoms with E-state index in [1.54, 1.807) is 23.1 Å². The third-order valence-electron chi connectivity index (χ3n) is 6.44. The van der Waals surface area contributed by atoms with Crippen LogP contribution >= 0.6 is 0 Å². The Kier molecular flexibility index (Phi) is 5.50. The van der Waals surface area contributed by atoms with Gasteiger partial charge in [0.1, 0.15) is 4.90 Å². The number of amidine groups is 1. The van der Waals surface area contributed by atoms with Crippen molar-refractivity contribution in [2.75, 3.05) is 25.0 Å². The third kappa shape index (κ3) is 3.93. The molecule has 1 amide bonds. The first-order valence-corrected chi connectivity index (χ1v) is 12.5. The second-order valence-corrected chi connectivity index (χ2v) is 10.0. The average Bonchev–Trinajstić information content (AvgIpc) is 3.14. The molecule has 0 radical (unpaired) electrons. The summed E-state index contributed by atoms with van der Waals surface area (Å²) in [5.41, 5.74) is 3.63. The SMILES string of the molecule is CN(C(=O)C1CCN(C2=NS(=O)(=O)c3ccccc32)CC1)c1ccccc1-c1ccccc1. The summed E-state index contributed by atoms with van der Waals surface area (Å²) in [6, 6.07) is 24.9. The number of nitrogens with zero attached hydrogens (tertiary/aromatic N) is 3. The van der Waals surface area contributed by atoms with Crippen molar-refractivity contribution in [3.05, 3.63) is 84.4 Å². The standard InChI is InChI=1S/C26H25N3O3S/c1-28(23-13-7-5-11-21(23)19-9-3-2-4-10-19)26(30)20-15-17-29(18-16-20)25-22-12-6-8-14-24(22)33(31,32)27-25/h2-14,20H,15-18H2,1H3. The van der Waals surface area contributed by atoms with Gasteiger partial charge in [-0.3, -0.25) is 4.79 Å². The zero-order valence-electron chi connectivity index (χ0n) is 18.4. The van der Waals surface area contributed by atoms with E-state index in [4.69, 9.17) is 0 Å². The van der Waals surface area contributed by atoms with Crippen LogP contribution in [0.25, 0.3) is 11.1 Å². The molecule has 0 aliphatic carbocycles. The molecular formula is C26H25N3O3S. The number of sulfonamides is 1. The molecule has 0 spiro atoms. The fraction of sp³-hybridized carbons (Fsp3) is 0.231. The number of benzene rings is 3. The van der Waals surface area contributed by atoms with Gasteiger partial charge >= 0.3 is 0 Å². The number of fused-ring (bicyclic) bond motifs is 1. The molecule has 0 bridgehead atoms. The lowest BCUT2D eigenvalue weighted by molar-refractivity contribution is -0.123. The van der Waals surface area contributed by atoms with Gasteiger partial charge in [-0.1, -0.05) is 60.7 Å². The Balaban J connectivity index is 1.32. The van der Waals surface area contributed by atoms with Gasteiger partial charge in [0.2, 0.25) is 5.91 Å². The van der Waals surface area contributed by atoms with E-state index in [1.165, 1.54) is 0 Å². The van der Waals surface area contributed by atoms with E-state index in [0.717, 1.165) is 16.8 Å². The van der Waals surface area contributed by atoms with Crippen LogP contribution in [0.5, 0.6) is 0 Å². The number of carbonyl (C=O) groups excluding carboxylic acids is 1. The molecule has 7 heteroatoms. The monoisotopic (exact) mass is 459 g/mol. The number of amides is 1. The van der Waals surface area contributed by atoms with Crippen LogP contribution in [0.4, 0.5) is 5.69 Å². The molecule has 0 saturated carbocycles. The van der Waals surface area contributed by atoms with Crippen molar-refractivity contribution < 1.29 is 13.2 Å². The Morgan fingerprint density at radius 3 is 2.21 bits per heavy atom. The predicted octanol–water partition coefficient (Wildman–Crippen LogP) is 4.18. The topological polar surface area (TPSA) is 70.1 Å². The maximum Gasteiger partial charge on any atom is 0.285 e. The van der Waals surface area contributed by atoms with Crippen LogP contribution in [0.3, 0.4) is 0 Å². The molecule has 0 N–H and O–H groups in total. The predicted molar refractivity (Wildman–Crippen MR) is 130 cm³/mol. The molecule has 1 fully saturated rings. The summed E-state index contributed by atoms with van der Waals surface area (Å²) < 4.78 is 28.8. The first-order chi connectivity index (χ1) is 16.0. The summed E-state index contributed by atoms with van der Waals surface area (Å²) in [6.07, 6.45) is 1.30. The van der Waals surface area contributed by atoms with Crippen molar-refractivity contribution in [3.8, 4) is 11.1 Å². The second-order valence-electron chi connectivity index (χ2n) is 8.43. The molecule has 0 atom stereocenters. The zero-order valence-corrected chi connectivity index (χ0v) is 19.2. The Bertz CT molecular complexity index is 1330. The number of para-hydroxylation sites is 1. The third-order valence-corrected chi connectivity index (χ3v) is 7.76. The van der Waals surface area contributed by atoms with Gasteiger partial charge in [-0.05, 0) is 36.6 Å². The molecular weight excluding hydrogens is 434 g/mol. The van der Waals surface area contributed by atoms with Gasteiger partial charge in [0.25, 0.3) is 10.0 Å². The Hall–Kier alpha value is -3.45. The second kappa shape index (κ2) is 8.48. The number of hydrogen-bond acceptors (Lipinski definition) is 4. The quantitative estimate of drug-likeness (QED) is 0.589. The van der Waals surface area contributed by atoms with Crippen molar-refractivity contribution >= 4 is 27.5 Å². The highest BCUT2D eigenvalue weighted by Gasteiger charge is 2.35. The van der Waals surface area contributed by atoms with Crippen molar-refractivity contribution in [3.63, 3.8) is 0 Å². The van der Waals surface area contributed by atoms with E-state index in [0.29, 0.717) is 37.3 Å². The molecule has 3 aromatic carbocycles. The van der Waals surface area contributed by atoms with E-state index in [9.17, 15) is 13.2 Å². The molecule has 0 unspecified atom stereocenters. The molecule has 33 heavy (non-hydrogen) atoms. The number of piperidine rings is 1. The molecule has 168 valence electrons. The Morgan fingerprint density at radius 2 is 1.48 bits per heavy atom. The van der Waals surface area contributed by atoms with Gasteiger partial charge in [-0.2, -0.15) is 8.42 Å². The number of likely N-dealkylation sites (tertiary alicyclic amines) is 1.